The van der Waals surface area contributed by atoms with Gasteiger partial charge in [-0.05, 0) is 17.5 Å². The Hall–Kier alpha value is -1.82. The Morgan fingerprint density at radius 2 is 2.00 bits per heavy atom. The summed E-state index contributed by atoms with van der Waals surface area (Å²) in [7, 11) is 0. The third-order valence-electron chi connectivity index (χ3n) is 2.56. The van der Waals surface area contributed by atoms with Crippen LogP contribution in [-0.2, 0) is 11.3 Å². The molecule has 0 saturated heterocycles. The molecule has 0 fully saturated rings. The summed E-state index contributed by atoms with van der Waals surface area (Å²) in [4.78, 5) is 22.5. The van der Waals surface area contributed by atoms with Gasteiger partial charge in [-0.25, -0.2) is 0 Å². The van der Waals surface area contributed by atoms with Gasteiger partial charge in [0.25, 0.3) is 5.91 Å². The molecule has 5 N–H and O–H groups in total. The van der Waals surface area contributed by atoms with Gasteiger partial charge in [0.05, 0.1) is 12.6 Å². The van der Waals surface area contributed by atoms with Crippen LogP contribution in [0.2, 0.25) is 0 Å². The summed E-state index contributed by atoms with van der Waals surface area (Å²) in [5.74, 6) is -0.379. The van der Waals surface area contributed by atoms with Crippen LogP contribution in [0, 0.1) is 5.41 Å². The Morgan fingerprint density at radius 3 is 2.44 bits per heavy atom. The number of primary amides is 1. The number of furan rings is 1. The number of hydrogen-bond donors (Lipinski definition) is 3. The monoisotopic (exact) mass is 253 g/mol. The van der Waals surface area contributed by atoms with Gasteiger partial charge in [-0.15, -0.1) is 0 Å². The first-order chi connectivity index (χ1) is 8.21. The van der Waals surface area contributed by atoms with E-state index < -0.39 is 11.9 Å². The SMILES string of the molecule is CC(C)(C)[C@H](N)C(=O)NCc1ccc(C(N)=O)o1. The van der Waals surface area contributed by atoms with E-state index in [0.29, 0.717) is 5.76 Å². The van der Waals surface area contributed by atoms with Crippen molar-refractivity contribution in [3.05, 3.63) is 23.7 Å². The molecule has 0 aliphatic rings. The number of rotatable bonds is 4. The molecule has 6 nitrogen and oxygen atoms in total. The van der Waals surface area contributed by atoms with Gasteiger partial charge >= 0.3 is 0 Å². The summed E-state index contributed by atoms with van der Waals surface area (Å²) in [5, 5.41) is 2.65. The van der Waals surface area contributed by atoms with Crippen LogP contribution < -0.4 is 16.8 Å². The second-order valence-corrected chi connectivity index (χ2v) is 5.19. The number of amides is 2. The van der Waals surface area contributed by atoms with Gasteiger partial charge in [0.15, 0.2) is 5.76 Å². The number of nitrogens with one attached hydrogen (secondary N) is 1. The number of hydrogen-bond acceptors (Lipinski definition) is 4. The van der Waals surface area contributed by atoms with Crippen molar-refractivity contribution >= 4 is 11.8 Å². The van der Waals surface area contributed by atoms with Crippen LogP contribution in [0.1, 0.15) is 37.1 Å². The molecule has 0 radical (unpaired) electrons. The minimum Gasteiger partial charge on any atom is -0.454 e. The van der Waals surface area contributed by atoms with E-state index >= 15 is 0 Å². The molecule has 1 aromatic heterocycles. The Morgan fingerprint density at radius 1 is 1.39 bits per heavy atom. The zero-order valence-corrected chi connectivity index (χ0v) is 10.8. The lowest BCUT2D eigenvalue weighted by Gasteiger charge is -2.25. The third kappa shape index (κ3) is 3.59. The molecule has 1 aromatic rings. The average molecular weight is 253 g/mol. The van der Waals surface area contributed by atoms with Crippen molar-refractivity contribution in [1.29, 1.82) is 0 Å². The van der Waals surface area contributed by atoms with Crippen molar-refractivity contribution < 1.29 is 14.0 Å². The molecule has 100 valence electrons. The highest BCUT2D eigenvalue weighted by Crippen LogP contribution is 2.17. The Kier molecular flexibility index (Phi) is 4.13. The van der Waals surface area contributed by atoms with E-state index in [2.05, 4.69) is 5.32 Å². The summed E-state index contributed by atoms with van der Waals surface area (Å²) < 4.78 is 5.13. The van der Waals surface area contributed by atoms with Gasteiger partial charge < -0.3 is 21.2 Å². The molecule has 0 aliphatic heterocycles. The second kappa shape index (κ2) is 5.22. The molecule has 0 bridgehead atoms. The van der Waals surface area contributed by atoms with Crippen LogP contribution in [0.15, 0.2) is 16.5 Å². The summed E-state index contributed by atoms with van der Waals surface area (Å²) in [5.41, 5.74) is 10.5. The zero-order chi connectivity index (χ0) is 13.9. The van der Waals surface area contributed by atoms with Gasteiger partial charge in [-0.1, -0.05) is 20.8 Å². The Bertz CT molecular complexity index is 446. The highest BCUT2D eigenvalue weighted by Gasteiger charge is 2.27. The maximum Gasteiger partial charge on any atom is 0.284 e. The normalized spacial score (nSPS) is 13.1. The maximum absolute atomic E-state index is 11.7. The zero-order valence-electron chi connectivity index (χ0n) is 10.8. The highest BCUT2D eigenvalue weighted by atomic mass is 16.4. The topological polar surface area (TPSA) is 111 Å². The molecular weight excluding hydrogens is 234 g/mol. The fourth-order valence-corrected chi connectivity index (χ4v) is 1.28. The molecule has 1 atom stereocenters. The molecule has 1 heterocycles. The minimum atomic E-state index is -0.640. The van der Waals surface area contributed by atoms with Crippen LogP contribution >= 0.6 is 0 Å². The largest absolute Gasteiger partial charge is 0.454 e. The van der Waals surface area contributed by atoms with Crippen molar-refractivity contribution in [3.63, 3.8) is 0 Å². The van der Waals surface area contributed by atoms with Crippen LogP contribution in [0.5, 0.6) is 0 Å². The predicted molar refractivity (Wildman–Crippen MR) is 66.5 cm³/mol. The number of carbonyl (C=O) groups excluding carboxylic acids is 2. The van der Waals surface area contributed by atoms with Crippen molar-refractivity contribution in [2.75, 3.05) is 0 Å². The quantitative estimate of drug-likeness (QED) is 0.719. The molecule has 2 amide bonds. The lowest BCUT2D eigenvalue weighted by Crippen LogP contribution is -2.48. The van der Waals surface area contributed by atoms with Crippen molar-refractivity contribution in [2.45, 2.75) is 33.4 Å². The van der Waals surface area contributed by atoms with Crippen LogP contribution in [-0.4, -0.2) is 17.9 Å². The molecule has 0 saturated carbocycles. The van der Waals surface area contributed by atoms with E-state index in [1.165, 1.54) is 6.07 Å². The van der Waals surface area contributed by atoms with E-state index in [0.717, 1.165) is 0 Å². The molecule has 0 aromatic carbocycles. The van der Waals surface area contributed by atoms with E-state index in [1.807, 2.05) is 20.8 Å². The van der Waals surface area contributed by atoms with E-state index in [1.54, 1.807) is 6.07 Å². The first kappa shape index (κ1) is 14.2. The van der Waals surface area contributed by atoms with E-state index in [9.17, 15) is 9.59 Å². The Balaban J connectivity index is 2.55. The van der Waals surface area contributed by atoms with Gasteiger partial charge in [0.2, 0.25) is 5.91 Å². The summed E-state index contributed by atoms with van der Waals surface area (Å²) in [6.45, 7) is 5.83. The lowest BCUT2D eigenvalue weighted by molar-refractivity contribution is -0.124. The van der Waals surface area contributed by atoms with E-state index in [-0.39, 0.29) is 23.6 Å². The molecule has 6 heteroatoms. The average Bonchev–Trinajstić information content (AvgIpc) is 2.72. The molecule has 0 aliphatic carbocycles. The Labute approximate surface area is 106 Å². The standard InChI is InChI=1S/C12H19N3O3/c1-12(2,3)9(13)11(17)15-6-7-4-5-8(18-7)10(14)16/h4-5,9H,6,13H2,1-3H3,(H2,14,16)(H,15,17)/t9-/m1/s1. The van der Waals surface area contributed by atoms with Crippen molar-refractivity contribution in [2.24, 2.45) is 16.9 Å². The first-order valence-corrected chi connectivity index (χ1v) is 5.63. The second-order valence-electron chi connectivity index (χ2n) is 5.19. The first-order valence-electron chi connectivity index (χ1n) is 5.63. The fraction of sp³-hybridized carbons (Fsp3) is 0.500. The van der Waals surface area contributed by atoms with Gasteiger partial charge in [-0.2, -0.15) is 0 Å². The smallest absolute Gasteiger partial charge is 0.284 e. The molecule has 0 unspecified atom stereocenters. The fourth-order valence-electron chi connectivity index (χ4n) is 1.28. The molecule has 0 spiro atoms. The summed E-state index contributed by atoms with van der Waals surface area (Å²) in [6, 6.07) is 2.44. The molecular formula is C12H19N3O3. The van der Waals surface area contributed by atoms with Gasteiger partial charge in [0, 0.05) is 0 Å². The van der Waals surface area contributed by atoms with Gasteiger partial charge in [-0.3, -0.25) is 9.59 Å². The third-order valence-corrected chi connectivity index (χ3v) is 2.56. The lowest BCUT2D eigenvalue weighted by atomic mass is 9.87. The molecule has 1 rings (SSSR count). The van der Waals surface area contributed by atoms with Crippen molar-refractivity contribution in [3.8, 4) is 0 Å². The van der Waals surface area contributed by atoms with E-state index in [4.69, 9.17) is 15.9 Å². The summed E-state index contributed by atoms with van der Waals surface area (Å²) >= 11 is 0. The maximum atomic E-state index is 11.7. The predicted octanol–water partition coefficient (Wildman–Crippen LogP) is 0.368. The minimum absolute atomic E-state index is 0.0689. The summed E-state index contributed by atoms with van der Waals surface area (Å²) in [6.07, 6.45) is 0. The van der Waals surface area contributed by atoms with Gasteiger partial charge in [0.1, 0.15) is 5.76 Å². The highest BCUT2D eigenvalue weighted by molar-refractivity contribution is 5.89. The van der Waals surface area contributed by atoms with Crippen LogP contribution in [0.25, 0.3) is 0 Å². The number of carbonyl (C=O) groups is 2. The number of nitrogens with two attached hydrogens (primary N) is 2. The molecule has 18 heavy (non-hydrogen) atoms. The van der Waals surface area contributed by atoms with Crippen LogP contribution in [0.3, 0.4) is 0 Å². The van der Waals surface area contributed by atoms with Crippen molar-refractivity contribution in [1.82, 2.24) is 5.32 Å². The van der Waals surface area contributed by atoms with Crippen LogP contribution in [0.4, 0.5) is 0 Å².